The summed E-state index contributed by atoms with van der Waals surface area (Å²) in [7, 11) is 6.42. The molecule has 8 heteroatoms. The van der Waals surface area contributed by atoms with Gasteiger partial charge in [-0.15, -0.1) is 12.4 Å². The zero-order valence-corrected chi connectivity index (χ0v) is 27.6. The largest absolute Gasteiger partial charge is 0.147 e. The average Bonchev–Trinajstić information content (AvgIpc) is 3.34. The summed E-state index contributed by atoms with van der Waals surface area (Å²) in [5, 5.41) is 2.30. The fourth-order valence-corrected chi connectivity index (χ4v) is 7.46. The van der Waals surface area contributed by atoms with Crippen molar-refractivity contribution in [2.75, 3.05) is 40.8 Å². The summed E-state index contributed by atoms with van der Waals surface area (Å²) in [5.41, 5.74) is 6.16. The summed E-state index contributed by atoms with van der Waals surface area (Å²) in [6.07, 6.45) is 1.14. The Bertz CT molecular complexity index is 1560. The standard InChI is InChI=1S/C30H37N3OS2Se.ClH/c1-8-32(9-2)29(35)27-13-12-26(36-27)28-20-11-10-19(31(5)6)16-24(20)34-25-18-23-22(17-21(25)28)30(3,4)14-15-33(23,7)37;/h10-13,16-18,37H,8-9,14-15H2,1-7H3;1H/q+2;. The molecule has 1 aromatic heterocycles. The molecule has 0 bridgehead atoms. The molecule has 0 N–H and O–H groups in total. The average molecular weight is 635 g/mol. The topological polar surface area (TPSA) is 19.4 Å². The van der Waals surface area contributed by atoms with Crippen LogP contribution in [0, 0.1) is 0 Å². The second kappa shape index (κ2) is 10.7. The summed E-state index contributed by atoms with van der Waals surface area (Å²) in [6, 6.07) is 15.7. The third kappa shape index (κ3) is 4.98. The molecule has 0 saturated carbocycles. The predicted octanol–water partition coefficient (Wildman–Crippen LogP) is 6.17. The molecule has 1 atom stereocenters. The molecule has 202 valence electrons. The summed E-state index contributed by atoms with van der Waals surface area (Å²) in [4.78, 5) is 5.56. The number of quaternary nitrogens is 1. The van der Waals surface area contributed by atoms with Crippen LogP contribution in [-0.2, 0) is 5.41 Å². The number of thiophene rings is 1. The fourth-order valence-electron chi connectivity index (χ4n) is 5.40. The van der Waals surface area contributed by atoms with Gasteiger partial charge < -0.3 is 0 Å². The first kappa shape index (κ1) is 29.3. The van der Waals surface area contributed by atoms with Gasteiger partial charge in [0.15, 0.2) is 0 Å². The van der Waals surface area contributed by atoms with Crippen molar-refractivity contribution in [2.45, 2.75) is 39.5 Å². The van der Waals surface area contributed by atoms with Crippen LogP contribution in [0.15, 0.2) is 46.9 Å². The van der Waals surface area contributed by atoms with Crippen LogP contribution in [0.3, 0.4) is 0 Å². The number of fused-ring (bicyclic) bond motifs is 3. The molecule has 0 fully saturated rings. The van der Waals surface area contributed by atoms with Gasteiger partial charge in [0.05, 0.1) is 0 Å². The maximum atomic E-state index is 6.68. The van der Waals surface area contributed by atoms with Gasteiger partial charge in [-0.2, -0.15) is 0 Å². The molecule has 0 amide bonds. The molecule has 3 heterocycles. The Hall–Kier alpha value is -1.73. The Morgan fingerprint density at radius 3 is 2.50 bits per heavy atom. The van der Waals surface area contributed by atoms with E-state index >= 15 is 0 Å². The van der Waals surface area contributed by atoms with E-state index < -0.39 is 0 Å². The third-order valence-electron chi connectivity index (χ3n) is 7.87. The Balaban J connectivity index is 0.00000336. The molecule has 2 aliphatic heterocycles. The third-order valence-corrected chi connectivity index (χ3v) is 10.5. The number of benzene rings is 2. The van der Waals surface area contributed by atoms with Gasteiger partial charge in [0.25, 0.3) is 0 Å². The smallest absolute Gasteiger partial charge is 0.147 e. The molecule has 1 aliphatic carbocycles. The molecule has 1 aromatic carbocycles. The van der Waals surface area contributed by atoms with Gasteiger partial charge in [-0.1, -0.05) is 0 Å². The summed E-state index contributed by atoms with van der Waals surface area (Å²) in [6.45, 7) is 12.0. The molecule has 4 nitrogen and oxygen atoms in total. The molecule has 5 rings (SSSR count). The van der Waals surface area contributed by atoms with Crippen LogP contribution < -0.4 is 13.4 Å². The summed E-state index contributed by atoms with van der Waals surface area (Å²) >= 11 is 10.5. The van der Waals surface area contributed by atoms with Crippen molar-refractivity contribution in [3.8, 4) is 21.8 Å². The minimum Gasteiger partial charge on any atom is -0.147 e. The fraction of sp³-hybridized carbons (Fsp3) is 0.400. The SMILES string of the molecule is CCN(CC)C(=S)c1ccc(-c2c3ccc(=[N+](C)C)cc-3oc3cc4c(cc23)C(C)(C)CC[N+]4(C)[SeH])s1.Cl. The van der Waals surface area contributed by atoms with Gasteiger partial charge >= 0.3 is 225 Å². The van der Waals surface area contributed by atoms with Crippen LogP contribution in [0.25, 0.3) is 32.7 Å². The molecular formula is C30H38ClN3OS2Se+2. The van der Waals surface area contributed by atoms with Gasteiger partial charge in [0, 0.05) is 0 Å². The van der Waals surface area contributed by atoms with E-state index in [-0.39, 0.29) is 17.8 Å². The van der Waals surface area contributed by atoms with E-state index in [0.29, 0.717) is 0 Å². The quantitative estimate of drug-likeness (QED) is 0.116. The number of hydrogen-bond acceptors (Lipinski definition) is 3. The van der Waals surface area contributed by atoms with E-state index in [2.05, 4.69) is 117 Å². The van der Waals surface area contributed by atoms with Crippen molar-refractivity contribution in [3.05, 3.63) is 58.3 Å². The van der Waals surface area contributed by atoms with E-state index in [1.54, 1.807) is 11.3 Å². The first-order valence-corrected chi connectivity index (χ1v) is 15.1. The van der Waals surface area contributed by atoms with Crippen molar-refractivity contribution in [1.82, 2.24) is 13.0 Å². The number of nitrogens with zero attached hydrogens (tertiary/aromatic N) is 3. The van der Waals surface area contributed by atoms with Crippen LogP contribution in [-0.4, -0.2) is 66.9 Å². The monoisotopic (exact) mass is 635 g/mol. The van der Waals surface area contributed by atoms with Crippen molar-refractivity contribution in [1.29, 1.82) is 0 Å². The van der Waals surface area contributed by atoms with Crippen molar-refractivity contribution < 1.29 is 4.42 Å². The van der Waals surface area contributed by atoms with E-state index in [4.69, 9.17) is 16.6 Å². The van der Waals surface area contributed by atoms with Crippen molar-refractivity contribution in [3.63, 3.8) is 0 Å². The second-order valence-electron chi connectivity index (χ2n) is 11.1. The summed E-state index contributed by atoms with van der Waals surface area (Å²) < 4.78 is 9.61. The second-order valence-corrected chi connectivity index (χ2v) is 14.4. The zero-order chi connectivity index (χ0) is 26.7. The van der Waals surface area contributed by atoms with Crippen molar-refractivity contribution in [2.24, 2.45) is 0 Å². The maximum Gasteiger partial charge on any atom is -0.147 e. The Labute approximate surface area is 250 Å². The zero-order valence-electron chi connectivity index (χ0n) is 23.3. The Kier molecular flexibility index (Phi) is 8.22. The van der Waals surface area contributed by atoms with Crippen LogP contribution in [0.4, 0.5) is 5.69 Å². The Morgan fingerprint density at radius 2 is 1.84 bits per heavy atom. The number of rotatable bonds is 4. The van der Waals surface area contributed by atoms with Crippen LogP contribution in [0.2, 0.25) is 0 Å². The van der Waals surface area contributed by atoms with E-state index in [9.17, 15) is 0 Å². The molecule has 38 heavy (non-hydrogen) atoms. The van der Waals surface area contributed by atoms with E-state index in [0.717, 1.165) is 61.7 Å². The van der Waals surface area contributed by atoms with Gasteiger partial charge in [0.2, 0.25) is 0 Å². The minimum atomic E-state index is 0. The molecular weight excluding hydrogens is 597 g/mol. The minimum absolute atomic E-state index is 0. The van der Waals surface area contributed by atoms with Crippen molar-refractivity contribution >= 4 is 73.8 Å². The number of thiocarbonyl (C=S) groups is 1. The van der Waals surface area contributed by atoms with Crippen LogP contribution in [0.5, 0.6) is 0 Å². The molecule has 1 unspecified atom stereocenters. The van der Waals surface area contributed by atoms with E-state index in [1.807, 2.05) is 0 Å². The van der Waals surface area contributed by atoms with Gasteiger partial charge in [-0.05, 0) is 13.8 Å². The van der Waals surface area contributed by atoms with Crippen LogP contribution >= 0.6 is 36.0 Å². The normalized spacial score (nSPS) is 18.2. The van der Waals surface area contributed by atoms with E-state index in [1.165, 1.54) is 27.1 Å². The molecule has 2 aromatic rings. The predicted molar refractivity (Wildman–Crippen MR) is 173 cm³/mol. The van der Waals surface area contributed by atoms with Gasteiger partial charge in [-0.25, -0.2) is 0 Å². The molecule has 0 spiro atoms. The number of hydrogen-bond donors (Lipinski definition) is 0. The first-order chi connectivity index (χ1) is 17.5. The summed E-state index contributed by atoms with van der Waals surface area (Å²) in [5.74, 6) is 0.907. The van der Waals surface area contributed by atoms with Gasteiger partial charge in [-0.3, -0.25) is 0 Å². The first-order valence-electron chi connectivity index (χ1n) is 13.0. The molecule has 0 radical (unpaired) electrons. The van der Waals surface area contributed by atoms with Gasteiger partial charge in [0.1, 0.15) is 0 Å². The number of halogens is 1. The molecule has 0 saturated heterocycles. The maximum absolute atomic E-state index is 6.68. The molecule has 3 aliphatic rings. The Morgan fingerprint density at radius 1 is 1.13 bits per heavy atom. The van der Waals surface area contributed by atoms with Crippen LogP contribution in [0.1, 0.15) is 44.6 Å².